The Kier molecular flexibility index (Phi) is 4.30. The highest BCUT2D eigenvalue weighted by Crippen LogP contribution is 2.23. The molecular formula is C21H18N4O2. The highest BCUT2D eigenvalue weighted by atomic mass is 16.5. The van der Waals surface area contributed by atoms with E-state index in [0.717, 1.165) is 22.5 Å². The van der Waals surface area contributed by atoms with E-state index in [-0.39, 0.29) is 5.91 Å². The second-order valence-electron chi connectivity index (χ2n) is 6.21. The Morgan fingerprint density at radius 1 is 1.07 bits per heavy atom. The summed E-state index contributed by atoms with van der Waals surface area (Å²) in [6, 6.07) is 18.7. The minimum absolute atomic E-state index is 0.141. The van der Waals surface area contributed by atoms with Gasteiger partial charge in [-0.2, -0.15) is 0 Å². The average Bonchev–Trinajstić information content (AvgIpc) is 3.11. The molecule has 0 radical (unpaired) electrons. The Balaban J connectivity index is 1.61. The third-order valence-electron chi connectivity index (χ3n) is 4.20. The van der Waals surface area contributed by atoms with Crippen LogP contribution in [0.3, 0.4) is 0 Å². The number of methoxy groups -OCH3 is 1. The standard InChI is InChI=1S/C21H18N4O2/c1-14-5-3-7-16(11-14)21(26)22-17-8-4-6-15(12-17)18-13-25-19(23-18)9-10-20(24-25)27-2/h3-13H,1-2H3,(H,22,26). The van der Waals surface area contributed by atoms with E-state index >= 15 is 0 Å². The van der Waals surface area contributed by atoms with Gasteiger partial charge < -0.3 is 10.1 Å². The van der Waals surface area contributed by atoms with Crippen molar-refractivity contribution >= 4 is 17.2 Å². The van der Waals surface area contributed by atoms with Crippen LogP contribution in [0.15, 0.2) is 66.9 Å². The van der Waals surface area contributed by atoms with Crippen molar-refractivity contribution in [2.45, 2.75) is 6.92 Å². The highest BCUT2D eigenvalue weighted by molar-refractivity contribution is 6.04. The quantitative estimate of drug-likeness (QED) is 0.599. The van der Waals surface area contributed by atoms with Crippen molar-refractivity contribution in [3.05, 3.63) is 78.0 Å². The minimum atomic E-state index is -0.141. The van der Waals surface area contributed by atoms with Gasteiger partial charge in [-0.05, 0) is 37.3 Å². The molecule has 0 aliphatic heterocycles. The molecule has 0 saturated carbocycles. The molecule has 0 aliphatic rings. The Morgan fingerprint density at radius 2 is 1.93 bits per heavy atom. The van der Waals surface area contributed by atoms with Crippen LogP contribution in [0.5, 0.6) is 5.88 Å². The summed E-state index contributed by atoms with van der Waals surface area (Å²) in [6.07, 6.45) is 1.83. The fourth-order valence-corrected chi connectivity index (χ4v) is 2.86. The number of fused-ring (bicyclic) bond motifs is 1. The average molecular weight is 358 g/mol. The molecule has 0 spiro atoms. The number of imidazole rings is 1. The highest BCUT2D eigenvalue weighted by Gasteiger charge is 2.09. The molecule has 27 heavy (non-hydrogen) atoms. The molecule has 2 heterocycles. The van der Waals surface area contributed by atoms with Gasteiger partial charge in [0.1, 0.15) is 0 Å². The molecule has 0 unspecified atom stereocenters. The number of nitrogens with zero attached hydrogens (tertiary/aromatic N) is 3. The Labute approximate surface area is 156 Å². The summed E-state index contributed by atoms with van der Waals surface area (Å²) in [5, 5.41) is 7.26. The molecule has 4 aromatic rings. The normalized spacial score (nSPS) is 10.7. The number of hydrogen-bond donors (Lipinski definition) is 1. The lowest BCUT2D eigenvalue weighted by molar-refractivity contribution is 0.102. The van der Waals surface area contributed by atoms with Gasteiger partial charge >= 0.3 is 0 Å². The molecule has 1 N–H and O–H groups in total. The Bertz CT molecular complexity index is 1130. The summed E-state index contributed by atoms with van der Waals surface area (Å²) in [4.78, 5) is 17.1. The summed E-state index contributed by atoms with van der Waals surface area (Å²) >= 11 is 0. The van der Waals surface area contributed by atoms with Gasteiger partial charge in [-0.1, -0.05) is 29.8 Å². The molecule has 1 amide bonds. The van der Waals surface area contributed by atoms with Gasteiger partial charge in [-0.25, -0.2) is 9.50 Å². The molecule has 0 bridgehead atoms. The molecule has 6 heteroatoms. The number of ether oxygens (including phenoxy) is 1. The van der Waals surface area contributed by atoms with Crippen molar-refractivity contribution in [3.8, 4) is 17.1 Å². The van der Waals surface area contributed by atoms with Crippen molar-refractivity contribution in [1.82, 2.24) is 14.6 Å². The van der Waals surface area contributed by atoms with Crippen LogP contribution < -0.4 is 10.1 Å². The zero-order valence-corrected chi connectivity index (χ0v) is 15.0. The van der Waals surface area contributed by atoms with Crippen LogP contribution in [-0.2, 0) is 0 Å². The first kappa shape index (κ1) is 16.8. The SMILES string of the molecule is COc1ccc2nc(-c3cccc(NC(=O)c4cccc(C)c4)c3)cn2n1. The molecule has 0 aliphatic carbocycles. The van der Waals surface area contributed by atoms with Gasteiger partial charge in [0.2, 0.25) is 5.88 Å². The van der Waals surface area contributed by atoms with E-state index in [4.69, 9.17) is 4.74 Å². The van der Waals surface area contributed by atoms with Gasteiger partial charge in [0.25, 0.3) is 5.91 Å². The first-order chi connectivity index (χ1) is 13.1. The first-order valence-corrected chi connectivity index (χ1v) is 8.51. The van der Waals surface area contributed by atoms with E-state index in [1.165, 1.54) is 0 Å². The third kappa shape index (κ3) is 3.50. The first-order valence-electron chi connectivity index (χ1n) is 8.51. The number of anilines is 1. The van der Waals surface area contributed by atoms with E-state index in [1.807, 2.05) is 61.7 Å². The second kappa shape index (κ2) is 6.92. The molecule has 0 atom stereocenters. The maximum Gasteiger partial charge on any atom is 0.255 e. The van der Waals surface area contributed by atoms with Gasteiger partial charge in [0, 0.05) is 22.9 Å². The largest absolute Gasteiger partial charge is 0.480 e. The zero-order valence-electron chi connectivity index (χ0n) is 15.0. The van der Waals surface area contributed by atoms with E-state index in [0.29, 0.717) is 17.1 Å². The molecule has 0 fully saturated rings. The van der Waals surface area contributed by atoms with Crippen molar-refractivity contribution in [2.75, 3.05) is 12.4 Å². The summed E-state index contributed by atoms with van der Waals surface area (Å²) < 4.78 is 6.82. The number of aromatic nitrogens is 3. The predicted octanol–water partition coefficient (Wildman–Crippen LogP) is 3.97. The predicted molar refractivity (Wildman–Crippen MR) is 104 cm³/mol. The van der Waals surface area contributed by atoms with E-state index in [2.05, 4.69) is 15.4 Å². The van der Waals surface area contributed by atoms with Crippen LogP contribution in [-0.4, -0.2) is 27.6 Å². The fourth-order valence-electron chi connectivity index (χ4n) is 2.86. The van der Waals surface area contributed by atoms with Crippen LogP contribution in [0.25, 0.3) is 16.9 Å². The molecule has 6 nitrogen and oxygen atoms in total. The number of carbonyl (C=O) groups is 1. The van der Waals surface area contributed by atoms with Crippen LogP contribution in [0.1, 0.15) is 15.9 Å². The lowest BCUT2D eigenvalue weighted by Gasteiger charge is -2.07. The number of amides is 1. The smallest absolute Gasteiger partial charge is 0.255 e. The lowest BCUT2D eigenvalue weighted by Crippen LogP contribution is -2.11. The van der Waals surface area contributed by atoms with Crippen molar-refractivity contribution in [2.24, 2.45) is 0 Å². The number of benzene rings is 2. The number of hydrogen-bond acceptors (Lipinski definition) is 4. The third-order valence-corrected chi connectivity index (χ3v) is 4.20. The van der Waals surface area contributed by atoms with E-state index in [1.54, 1.807) is 23.8 Å². The summed E-state index contributed by atoms with van der Waals surface area (Å²) in [5.74, 6) is 0.378. The number of carbonyl (C=O) groups excluding carboxylic acids is 1. The van der Waals surface area contributed by atoms with Gasteiger partial charge in [-0.3, -0.25) is 4.79 Å². The zero-order chi connectivity index (χ0) is 18.8. The molecule has 134 valence electrons. The summed E-state index contributed by atoms with van der Waals surface area (Å²) in [6.45, 7) is 1.96. The van der Waals surface area contributed by atoms with Crippen LogP contribution in [0, 0.1) is 6.92 Å². The fraction of sp³-hybridized carbons (Fsp3) is 0.0952. The van der Waals surface area contributed by atoms with E-state index < -0.39 is 0 Å². The summed E-state index contributed by atoms with van der Waals surface area (Å²) in [7, 11) is 1.58. The second-order valence-corrected chi connectivity index (χ2v) is 6.21. The Hall–Kier alpha value is -3.67. The number of rotatable bonds is 4. The molecule has 4 rings (SSSR count). The topological polar surface area (TPSA) is 68.5 Å². The van der Waals surface area contributed by atoms with Crippen LogP contribution in [0.2, 0.25) is 0 Å². The molecule has 2 aromatic heterocycles. The van der Waals surface area contributed by atoms with Crippen molar-refractivity contribution in [3.63, 3.8) is 0 Å². The minimum Gasteiger partial charge on any atom is -0.480 e. The maximum absolute atomic E-state index is 12.5. The van der Waals surface area contributed by atoms with Gasteiger partial charge in [-0.15, -0.1) is 5.10 Å². The van der Waals surface area contributed by atoms with Gasteiger partial charge in [0.15, 0.2) is 5.65 Å². The Morgan fingerprint density at radius 3 is 2.74 bits per heavy atom. The molecule has 2 aromatic carbocycles. The monoisotopic (exact) mass is 358 g/mol. The lowest BCUT2D eigenvalue weighted by atomic mass is 10.1. The molecular weight excluding hydrogens is 340 g/mol. The number of nitrogens with one attached hydrogen (secondary N) is 1. The van der Waals surface area contributed by atoms with Gasteiger partial charge in [0.05, 0.1) is 19.0 Å². The van der Waals surface area contributed by atoms with Crippen molar-refractivity contribution < 1.29 is 9.53 Å². The van der Waals surface area contributed by atoms with Crippen molar-refractivity contribution in [1.29, 1.82) is 0 Å². The van der Waals surface area contributed by atoms with Crippen LogP contribution in [0.4, 0.5) is 5.69 Å². The van der Waals surface area contributed by atoms with Crippen LogP contribution >= 0.6 is 0 Å². The maximum atomic E-state index is 12.5. The number of aryl methyl sites for hydroxylation is 1. The van der Waals surface area contributed by atoms with E-state index in [9.17, 15) is 4.79 Å². The molecule has 0 saturated heterocycles. The summed E-state index contributed by atoms with van der Waals surface area (Å²) in [5.41, 5.74) is 4.76.